The van der Waals surface area contributed by atoms with Gasteiger partial charge in [0.25, 0.3) is 0 Å². The highest BCUT2D eigenvalue weighted by Crippen LogP contribution is 2.50. The van der Waals surface area contributed by atoms with Crippen molar-refractivity contribution in [3.05, 3.63) is 47.8 Å². The largest absolute Gasteiger partial charge is 0.454 e. The minimum absolute atomic E-state index is 0.00701. The van der Waals surface area contributed by atoms with Gasteiger partial charge in [-0.15, -0.1) is 0 Å². The normalized spacial score (nSPS) is 14.6. The Morgan fingerprint density at radius 3 is 1.95 bits per heavy atom. The molecule has 2 rings (SSSR count). The van der Waals surface area contributed by atoms with Crippen molar-refractivity contribution in [3.63, 3.8) is 0 Å². The zero-order valence-corrected chi connectivity index (χ0v) is 11.3. The van der Waals surface area contributed by atoms with Crippen LogP contribution >= 0.6 is 15.9 Å². The average molecular weight is 357 g/mol. The second-order valence-corrected chi connectivity index (χ2v) is 5.08. The van der Waals surface area contributed by atoms with Gasteiger partial charge in [-0.05, 0) is 17.0 Å². The lowest BCUT2D eigenvalue weighted by Crippen LogP contribution is -2.40. The van der Waals surface area contributed by atoms with Crippen LogP contribution in [0.3, 0.4) is 0 Å². The molecule has 0 aliphatic rings. The highest BCUT2D eigenvalue weighted by molar-refractivity contribution is 9.09. The van der Waals surface area contributed by atoms with Crippen LogP contribution in [0.25, 0.3) is 10.8 Å². The van der Waals surface area contributed by atoms with E-state index in [4.69, 9.17) is 0 Å². The number of hydrogen-bond donors (Lipinski definition) is 0. The summed E-state index contributed by atoms with van der Waals surface area (Å²) in [4.78, 5) is -2.29. The molecule has 2 aromatic carbocycles. The Hall–Kier alpha value is -1.24. The molecule has 0 aromatic heterocycles. The fraction of sp³-hybridized carbons (Fsp3) is 0.231. The van der Waals surface area contributed by atoms with E-state index in [2.05, 4.69) is 15.9 Å². The Bertz CT molecular complexity index is 634. The summed E-state index contributed by atoms with van der Waals surface area (Å²) < 4.78 is 77.5. The molecule has 0 radical (unpaired) electrons. The van der Waals surface area contributed by atoms with Crippen LogP contribution in [0.5, 0.6) is 0 Å². The minimum Gasteiger partial charge on any atom is -0.206 e. The molecule has 0 fully saturated rings. The van der Waals surface area contributed by atoms with Gasteiger partial charge in [0.2, 0.25) is 0 Å². The SMILES string of the molecule is Fc1ccc(C(Br)C(F)(F)C(F)(F)F)c2ccccc12. The van der Waals surface area contributed by atoms with Crippen molar-refractivity contribution in [2.75, 3.05) is 0 Å². The highest BCUT2D eigenvalue weighted by atomic mass is 79.9. The van der Waals surface area contributed by atoms with Crippen LogP contribution in [0, 0.1) is 5.82 Å². The van der Waals surface area contributed by atoms with Crippen LogP contribution in [0.15, 0.2) is 36.4 Å². The number of rotatable bonds is 2. The van der Waals surface area contributed by atoms with Crippen LogP contribution in [0.4, 0.5) is 26.3 Å². The van der Waals surface area contributed by atoms with Gasteiger partial charge >= 0.3 is 12.1 Å². The molecule has 0 nitrogen and oxygen atoms in total. The second-order valence-electron chi connectivity index (χ2n) is 4.17. The topological polar surface area (TPSA) is 0 Å². The van der Waals surface area contributed by atoms with Crippen molar-refractivity contribution in [2.24, 2.45) is 0 Å². The molecule has 0 spiro atoms. The van der Waals surface area contributed by atoms with Gasteiger partial charge < -0.3 is 0 Å². The summed E-state index contributed by atoms with van der Waals surface area (Å²) in [6, 6.07) is 7.33. The van der Waals surface area contributed by atoms with Crippen molar-refractivity contribution in [1.29, 1.82) is 0 Å². The molecule has 108 valence electrons. The van der Waals surface area contributed by atoms with Gasteiger partial charge in [-0.2, -0.15) is 22.0 Å². The van der Waals surface area contributed by atoms with Crippen molar-refractivity contribution >= 4 is 26.7 Å². The molecular weight excluding hydrogens is 350 g/mol. The van der Waals surface area contributed by atoms with E-state index in [0.717, 1.165) is 12.1 Å². The van der Waals surface area contributed by atoms with Crippen LogP contribution in [-0.2, 0) is 0 Å². The van der Waals surface area contributed by atoms with Gasteiger partial charge in [0.05, 0.1) is 0 Å². The summed E-state index contributed by atoms with van der Waals surface area (Å²) in [5, 5.41) is 0.00530. The molecule has 1 unspecified atom stereocenters. The molecule has 0 N–H and O–H groups in total. The van der Waals surface area contributed by atoms with Crippen LogP contribution in [0.1, 0.15) is 10.4 Å². The summed E-state index contributed by atoms with van der Waals surface area (Å²) in [6.07, 6.45) is -5.70. The molecule has 1 atom stereocenters. The first kappa shape index (κ1) is 15.2. The average Bonchev–Trinajstić information content (AvgIpc) is 2.37. The van der Waals surface area contributed by atoms with Gasteiger partial charge in [0.1, 0.15) is 10.6 Å². The van der Waals surface area contributed by atoms with Gasteiger partial charge in [0, 0.05) is 5.39 Å². The molecule has 0 bridgehead atoms. The smallest absolute Gasteiger partial charge is 0.206 e. The third-order valence-corrected chi connectivity index (χ3v) is 3.94. The maximum atomic E-state index is 13.5. The third kappa shape index (κ3) is 2.39. The lowest BCUT2D eigenvalue weighted by atomic mass is 9.98. The molecule has 0 saturated heterocycles. The van der Waals surface area contributed by atoms with E-state index >= 15 is 0 Å². The first-order valence-electron chi connectivity index (χ1n) is 5.42. The Morgan fingerprint density at radius 1 is 0.850 bits per heavy atom. The highest BCUT2D eigenvalue weighted by Gasteiger charge is 2.62. The van der Waals surface area contributed by atoms with E-state index in [-0.39, 0.29) is 16.3 Å². The van der Waals surface area contributed by atoms with Gasteiger partial charge in [-0.3, -0.25) is 0 Å². The Morgan fingerprint density at radius 2 is 1.40 bits per heavy atom. The molecule has 0 aliphatic carbocycles. The fourth-order valence-corrected chi connectivity index (χ4v) is 2.50. The van der Waals surface area contributed by atoms with Crippen molar-refractivity contribution in [1.82, 2.24) is 0 Å². The van der Waals surface area contributed by atoms with E-state index < -0.39 is 22.7 Å². The lowest BCUT2D eigenvalue weighted by molar-refractivity contribution is -0.281. The van der Waals surface area contributed by atoms with E-state index in [0.29, 0.717) is 0 Å². The van der Waals surface area contributed by atoms with Crippen LogP contribution in [-0.4, -0.2) is 12.1 Å². The predicted molar refractivity (Wildman–Crippen MR) is 66.6 cm³/mol. The summed E-state index contributed by atoms with van der Waals surface area (Å²) in [7, 11) is 0. The summed E-state index contributed by atoms with van der Waals surface area (Å²) in [5.74, 6) is -5.65. The molecule has 7 heteroatoms. The molecule has 0 heterocycles. The maximum Gasteiger partial charge on any atom is 0.454 e. The van der Waals surface area contributed by atoms with Gasteiger partial charge in [0.15, 0.2) is 0 Å². The molecule has 0 amide bonds. The van der Waals surface area contributed by atoms with E-state index in [9.17, 15) is 26.3 Å². The number of hydrogen-bond acceptors (Lipinski definition) is 0. The van der Waals surface area contributed by atoms with E-state index in [1.807, 2.05) is 0 Å². The number of benzene rings is 2. The zero-order valence-electron chi connectivity index (χ0n) is 9.69. The Labute approximate surface area is 118 Å². The lowest BCUT2D eigenvalue weighted by Gasteiger charge is -2.25. The number of fused-ring (bicyclic) bond motifs is 1. The van der Waals surface area contributed by atoms with E-state index in [1.54, 1.807) is 0 Å². The quantitative estimate of drug-likeness (QED) is 0.484. The Balaban J connectivity index is 2.62. The standard InChI is InChI=1S/C13H7BrF6/c14-11(12(16,17)13(18,19)20)9-5-6-10(15)8-4-2-1-3-7(8)9/h1-6,11H. The molecular formula is C13H7BrF6. The van der Waals surface area contributed by atoms with Gasteiger partial charge in [-0.25, -0.2) is 4.39 Å². The zero-order chi connectivity index (χ0) is 15.1. The molecule has 0 aliphatic heterocycles. The predicted octanol–water partition coefficient (Wildman–Crippen LogP) is 5.61. The van der Waals surface area contributed by atoms with Crippen LogP contribution in [0.2, 0.25) is 0 Å². The van der Waals surface area contributed by atoms with Crippen molar-refractivity contribution in [2.45, 2.75) is 16.9 Å². The third-order valence-electron chi connectivity index (χ3n) is 2.87. The number of halogens is 7. The fourth-order valence-electron chi connectivity index (χ4n) is 1.85. The first-order valence-corrected chi connectivity index (χ1v) is 6.33. The van der Waals surface area contributed by atoms with Crippen molar-refractivity contribution < 1.29 is 26.3 Å². The summed E-state index contributed by atoms with van der Waals surface area (Å²) in [5.41, 5.74) is -0.315. The second kappa shape index (κ2) is 4.95. The Kier molecular flexibility index (Phi) is 3.75. The molecule has 2 aromatic rings. The monoisotopic (exact) mass is 356 g/mol. The van der Waals surface area contributed by atoms with Crippen molar-refractivity contribution in [3.8, 4) is 0 Å². The van der Waals surface area contributed by atoms with Crippen LogP contribution < -0.4 is 0 Å². The molecule has 0 saturated carbocycles. The van der Waals surface area contributed by atoms with Gasteiger partial charge in [-0.1, -0.05) is 46.3 Å². The number of alkyl halides is 6. The summed E-state index contributed by atoms with van der Waals surface area (Å²) >= 11 is 2.40. The summed E-state index contributed by atoms with van der Waals surface area (Å²) in [6.45, 7) is 0. The first-order chi connectivity index (χ1) is 9.16. The molecule has 20 heavy (non-hydrogen) atoms. The maximum absolute atomic E-state index is 13.5. The minimum atomic E-state index is -5.70. The van der Waals surface area contributed by atoms with E-state index in [1.165, 1.54) is 24.3 Å².